The van der Waals surface area contributed by atoms with Gasteiger partial charge < -0.3 is 9.73 Å². The van der Waals surface area contributed by atoms with Crippen LogP contribution in [0.1, 0.15) is 25.0 Å². The zero-order valence-electron chi connectivity index (χ0n) is 12.6. The summed E-state index contributed by atoms with van der Waals surface area (Å²) in [6.07, 6.45) is 3.16. The first-order valence-electron chi connectivity index (χ1n) is 7.48. The summed E-state index contributed by atoms with van der Waals surface area (Å²) in [4.78, 5) is 2.34. The molecule has 0 aliphatic carbocycles. The van der Waals surface area contributed by atoms with Crippen molar-refractivity contribution in [2.75, 3.05) is 27.2 Å². The Labute approximate surface area is 126 Å². The molecule has 0 radical (unpaired) electrons. The number of rotatable bonds is 4. The molecule has 2 aliphatic heterocycles. The average molecular weight is 313 g/mol. The van der Waals surface area contributed by atoms with Gasteiger partial charge in [-0.1, -0.05) is 0 Å². The fourth-order valence-corrected chi connectivity index (χ4v) is 4.81. The number of furan rings is 1. The van der Waals surface area contributed by atoms with Crippen molar-refractivity contribution in [3.63, 3.8) is 0 Å². The summed E-state index contributed by atoms with van der Waals surface area (Å²) < 4.78 is 32.5. The Balaban J connectivity index is 1.81. The molecule has 0 saturated carbocycles. The van der Waals surface area contributed by atoms with Crippen molar-refractivity contribution in [1.29, 1.82) is 0 Å². The smallest absolute Gasteiger partial charge is 0.276 e. The Hall–Kier alpha value is -0.890. The van der Waals surface area contributed by atoms with E-state index in [0.29, 0.717) is 37.5 Å². The molecule has 1 aromatic rings. The van der Waals surface area contributed by atoms with Gasteiger partial charge in [0.15, 0.2) is 0 Å². The molecule has 0 spiro atoms. The Morgan fingerprint density at radius 3 is 2.81 bits per heavy atom. The van der Waals surface area contributed by atoms with E-state index in [2.05, 4.69) is 17.3 Å². The van der Waals surface area contributed by atoms with Crippen LogP contribution >= 0.6 is 0 Å². The van der Waals surface area contributed by atoms with E-state index in [1.165, 1.54) is 6.42 Å². The molecule has 118 valence electrons. The number of nitrogens with one attached hydrogen (secondary N) is 1. The highest BCUT2D eigenvalue weighted by molar-refractivity contribution is 7.89. The molecule has 0 amide bonds. The van der Waals surface area contributed by atoms with Gasteiger partial charge in [0.2, 0.25) is 5.09 Å². The van der Waals surface area contributed by atoms with Crippen LogP contribution in [0.25, 0.3) is 0 Å². The molecule has 2 unspecified atom stereocenters. The molecule has 2 bridgehead atoms. The van der Waals surface area contributed by atoms with Crippen LogP contribution in [-0.4, -0.2) is 56.9 Å². The maximum Gasteiger partial charge on any atom is 0.276 e. The van der Waals surface area contributed by atoms with E-state index in [-0.39, 0.29) is 5.09 Å². The summed E-state index contributed by atoms with van der Waals surface area (Å²) in [5.41, 5.74) is 0. The van der Waals surface area contributed by atoms with E-state index in [4.69, 9.17) is 4.42 Å². The van der Waals surface area contributed by atoms with E-state index in [1.807, 2.05) is 0 Å². The maximum atomic E-state index is 12.7. The highest BCUT2D eigenvalue weighted by Gasteiger charge is 2.39. The minimum Gasteiger partial charge on any atom is -0.447 e. The maximum absolute atomic E-state index is 12.7. The lowest BCUT2D eigenvalue weighted by molar-refractivity contribution is 0.246. The zero-order valence-corrected chi connectivity index (χ0v) is 13.4. The second kappa shape index (κ2) is 5.72. The molecule has 6 nitrogen and oxygen atoms in total. The van der Waals surface area contributed by atoms with E-state index in [9.17, 15) is 8.42 Å². The van der Waals surface area contributed by atoms with E-state index >= 15 is 0 Å². The van der Waals surface area contributed by atoms with Gasteiger partial charge in [-0.25, -0.2) is 8.42 Å². The van der Waals surface area contributed by atoms with Gasteiger partial charge in [0.05, 0.1) is 6.54 Å². The number of fused-ring (bicyclic) bond motifs is 2. The fourth-order valence-electron chi connectivity index (χ4n) is 3.39. The topological polar surface area (TPSA) is 65.8 Å². The summed E-state index contributed by atoms with van der Waals surface area (Å²) in [5, 5.41) is 3.02. The molecule has 2 atom stereocenters. The summed E-state index contributed by atoms with van der Waals surface area (Å²) in [5.74, 6) is 0.643. The first kappa shape index (κ1) is 15.0. The van der Waals surface area contributed by atoms with Crippen LogP contribution in [0.5, 0.6) is 0 Å². The third-order valence-corrected chi connectivity index (χ3v) is 6.43. The van der Waals surface area contributed by atoms with E-state index < -0.39 is 10.0 Å². The van der Waals surface area contributed by atoms with Crippen LogP contribution < -0.4 is 5.32 Å². The normalized spacial score (nSPS) is 27.9. The minimum absolute atomic E-state index is 0.0631. The molecule has 1 N–H and O–H groups in total. The lowest BCUT2D eigenvalue weighted by Crippen LogP contribution is -2.39. The lowest BCUT2D eigenvalue weighted by Gasteiger charge is -2.24. The SMILES string of the molecule is CNCc1ccc(S(=O)(=O)N2CCC3CCC(C2)N3C)o1. The van der Waals surface area contributed by atoms with Crippen molar-refractivity contribution in [3.8, 4) is 0 Å². The average Bonchev–Trinajstić information content (AvgIpc) is 2.96. The van der Waals surface area contributed by atoms with Crippen molar-refractivity contribution in [2.45, 2.75) is 43.0 Å². The van der Waals surface area contributed by atoms with Crippen LogP contribution in [-0.2, 0) is 16.6 Å². The van der Waals surface area contributed by atoms with Crippen LogP contribution in [0.15, 0.2) is 21.6 Å². The Kier molecular flexibility index (Phi) is 4.09. The van der Waals surface area contributed by atoms with Crippen molar-refractivity contribution in [3.05, 3.63) is 17.9 Å². The quantitative estimate of drug-likeness (QED) is 0.893. The van der Waals surface area contributed by atoms with Gasteiger partial charge in [-0.3, -0.25) is 4.90 Å². The third kappa shape index (κ3) is 2.75. The largest absolute Gasteiger partial charge is 0.447 e. The highest BCUT2D eigenvalue weighted by Crippen LogP contribution is 2.31. The fraction of sp³-hybridized carbons (Fsp3) is 0.714. The molecule has 3 rings (SSSR count). The molecule has 7 heteroatoms. The van der Waals surface area contributed by atoms with Crippen LogP contribution in [0.3, 0.4) is 0 Å². The number of nitrogens with zero attached hydrogens (tertiary/aromatic N) is 2. The van der Waals surface area contributed by atoms with Crippen molar-refractivity contribution in [2.24, 2.45) is 0 Å². The standard InChI is InChI=1S/C14H23N3O3S/c1-15-9-13-5-6-14(20-13)21(18,19)17-8-7-11-3-4-12(10-17)16(11)2/h5-6,11-12,15H,3-4,7-10H2,1-2H3. The monoisotopic (exact) mass is 313 g/mol. The first-order valence-corrected chi connectivity index (χ1v) is 8.92. The van der Waals surface area contributed by atoms with Gasteiger partial charge in [-0.2, -0.15) is 4.31 Å². The van der Waals surface area contributed by atoms with E-state index in [1.54, 1.807) is 23.5 Å². The number of sulfonamides is 1. The van der Waals surface area contributed by atoms with Crippen molar-refractivity contribution < 1.29 is 12.8 Å². The molecule has 1 aromatic heterocycles. The van der Waals surface area contributed by atoms with Gasteiger partial charge >= 0.3 is 0 Å². The Morgan fingerprint density at radius 2 is 2.05 bits per heavy atom. The molecule has 2 saturated heterocycles. The molecule has 3 heterocycles. The second-order valence-corrected chi connectivity index (χ2v) is 7.82. The van der Waals surface area contributed by atoms with Crippen LogP contribution in [0.4, 0.5) is 0 Å². The third-order valence-electron chi connectivity index (χ3n) is 4.69. The summed E-state index contributed by atoms with van der Waals surface area (Å²) >= 11 is 0. The Morgan fingerprint density at radius 1 is 1.29 bits per heavy atom. The van der Waals surface area contributed by atoms with Crippen LogP contribution in [0.2, 0.25) is 0 Å². The number of hydrogen-bond acceptors (Lipinski definition) is 5. The highest BCUT2D eigenvalue weighted by atomic mass is 32.2. The van der Waals surface area contributed by atoms with Crippen LogP contribution in [0, 0.1) is 0 Å². The minimum atomic E-state index is -3.52. The van der Waals surface area contributed by atoms with Gasteiger partial charge in [0.1, 0.15) is 5.76 Å². The van der Waals surface area contributed by atoms with Gasteiger partial charge in [0.25, 0.3) is 10.0 Å². The predicted molar refractivity (Wildman–Crippen MR) is 79.4 cm³/mol. The Bertz CT molecular complexity index is 598. The summed E-state index contributed by atoms with van der Waals surface area (Å²) in [6.45, 7) is 1.68. The number of hydrogen-bond donors (Lipinski definition) is 1. The molecule has 21 heavy (non-hydrogen) atoms. The first-order chi connectivity index (χ1) is 10.0. The molecular weight excluding hydrogens is 290 g/mol. The predicted octanol–water partition coefficient (Wildman–Crippen LogP) is 0.856. The van der Waals surface area contributed by atoms with Gasteiger partial charge in [0, 0.05) is 25.2 Å². The van der Waals surface area contributed by atoms with Crippen molar-refractivity contribution in [1.82, 2.24) is 14.5 Å². The molecule has 2 fully saturated rings. The van der Waals surface area contributed by atoms with Gasteiger partial charge in [-0.05, 0) is 45.5 Å². The molecule has 2 aliphatic rings. The lowest BCUT2D eigenvalue weighted by atomic mass is 10.1. The van der Waals surface area contributed by atoms with E-state index in [0.717, 1.165) is 12.8 Å². The number of likely N-dealkylation sites (N-methyl/N-ethyl adjacent to an activating group) is 1. The van der Waals surface area contributed by atoms with Gasteiger partial charge in [-0.15, -0.1) is 0 Å². The summed E-state index contributed by atoms with van der Waals surface area (Å²) in [6, 6.07) is 4.14. The van der Waals surface area contributed by atoms with Crippen molar-refractivity contribution >= 4 is 10.0 Å². The zero-order chi connectivity index (χ0) is 15.0. The molecule has 0 aromatic carbocycles. The second-order valence-electron chi connectivity index (χ2n) is 5.95. The molecular formula is C14H23N3O3S. The summed E-state index contributed by atoms with van der Waals surface area (Å²) in [7, 11) is 0.395.